The summed E-state index contributed by atoms with van der Waals surface area (Å²) in [5.74, 6) is -1.34. The summed E-state index contributed by atoms with van der Waals surface area (Å²) in [6, 6.07) is 0. The highest BCUT2D eigenvalue weighted by Gasteiger charge is 2.27. The van der Waals surface area contributed by atoms with Gasteiger partial charge in [-0.3, -0.25) is 9.89 Å². The SMILES string of the molecule is O=C(Nc1sc2c(c1C(=O)O)CCC2)c1cn[nH]c1. The Balaban J connectivity index is 1.93. The van der Waals surface area contributed by atoms with Crippen LogP contribution >= 0.6 is 11.3 Å². The first-order valence-electron chi connectivity index (χ1n) is 5.85. The predicted octanol–water partition coefficient (Wildman–Crippen LogP) is 1.91. The third-order valence-corrected chi connectivity index (χ3v) is 4.33. The van der Waals surface area contributed by atoms with Gasteiger partial charge >= 0.3 is 5.97 Å². The number of nitrogens with zero attached hydrogens (tertiary/aromatic N) is 1. The average molecular weight is 277 g/mol. The molecule has 19 heavy (non-hydrogen) atoms. The summed E-state index contributed by atoms with van der Waals surface area (Å²) >= 11 is 1.36. The molecule has 6 nitrogen and oxygen atoms in total. The normalized spacial score (nSPS) is 13.3. The summed E-state index contributed by atoms with van der Waals surface area (Å²) in [5, 5.41) is 18.6. The Morgan fingerprint density at radius 3 is 2.95 bits per heavy atom. The lowest BCUT2D eigenvalue weighted by molar-refractivity contribution is 0.0697. The van der Waals surface area contributed by atoms with E-state index < -0.39 is 5.97 Å². The summed E-state index contributed by atoms with van der Waals surface area (Å²) in [4.78, 5) is 24.3. The van der Waals surface area contributed by atoms with Crippen molar-refractivity contribution in [1.82, 2.24) is 10.2 Å². The number of rotatable bonds is 3. The van der Waals surface area contributed by atoms with Gasteiger partial charge in [-0.1, -0.05) is 0 Å². The number of nitrogens with one attached hydrogen (secondary N) is 2. The second-order valence-corrected chi connectivity index (χ2v) is 5.41. The van der Waals surface area contributed by atoms with E-state index in [-0.39, 0.29) is 11.5 Å². The van der Waals surface area contributed by atoms with Crippen molar-refractivity contribution in [2.75, 3.05) is 5.32 Å². The Bertz CT molecular complexity index is 645. The third-order valence-electron chi connectivity index (χ3n) is 3.12. The number of thiophene rings is 1. The fourth-order valence-corrected chi connectivity index (χ4v) is 3.55. The number of fused-ring (bicyclic) bond motifs is 1. The minimum atomic E-state index is -0.984. The van der Waals surface area contributed by atoms with Gasteiger partial charge in [0.15, 0.2) is 0 Å². The topological polar surface area (TPSA) is 95.1 Å². The number of hydrogen-bond donors (Lipinski definition) is 3. The molecule has 3 rings (SSSR count). The van der Waals surface area contributed by atoms with Crippen molar-refractivity contribution in [2.45, 2.75) is 19.3 Å². The standard InChI is InChI=1S/C12H11N3O3S/c16-10(6-4-13-14-5-6)15-11-9(12(17)18)7-2-1-3-8(7)19-11/h4-5H,1-3H2,(H,13,14)(H,15,16)(H,17,18). The van der Waals surface area contributed by atoms with Crippen LogP contribution in [0.15, 0.2) is 12.4 Å². The lowest BCUT2D eigenvalue weighted by atomic mass is 10.1. The van der Waals surface area contributed by atoms with Crippen LogP contribution in [-0.2, 0) is 12.8 Å². The maximum Gasteiger partial charge on any atom is 0.339 e. The number of aromatic nitrogens is 2. The molecule has 3 N–H and O–H groups in total. The lowest BCUT2D eigenvalue weighted by Gasteiger charge is -2.03. The van der Waals surface area contributed by atoms with Crippen LogP contribution < -0.4 is 5.32 Å². The highest BCUT2D eigenvalue weighted by atomic mass is 32.1. The molecule has 0 aromatic carbocycles. The molecule has 1 aliphatic rings. The molecule has 2 aromatic rings. The van der Waals surface area contributed by atoms with Crippen LogP contribution in [0.4, 0.5) is 5.00 Å². The van der Waals surface area contributed by atoms with Crippen molar-refractivity contribution >= 4 is 28.2 Å². The fraction of sp³-hybridized carbons (Fsp3) is 0.250. The van der Waals surface area contributed by atoms with Crippen LogP contribution in [0.3, 0.4) is 0 Å². The van der Waals surface area contributed by atoms with Crippen molar-refractivity contribution in [2.24, 2.45) is 0 Å². The third kappa shape index (κ3) is 2.01. The van der Waals surface area contributed by atoms with Gasteiger partial charge in [0.1, 0.15) is 5.00 Å². The zero-order chi connectivity index (χ0) is 13.4. The zero-order valence-corrected chi connectivity index (χ0v) is 10.7. The molecular formula is C12H11N3O3S. The van der Waals surface area contributed by atoms with Gasteiger partial charge in [0.25, 0.3) is 5.91 Å². The second-order valence-electron chi connectivity index (χ2n) is 4.31. The van der Waals surface area contributed by atoms with Crippen LogP contribution in [0.5, 0.6) is 0 Å². The number of carboxylic acid groups (broad SMARTS) is 1. The number of aromatic carboxylic acids is 1. The highest BCUT2D eigenvalue weighted by Crippen LogP contribution is 2.39. The zero-order valence-electron chi connectivity index (χ0n) is 9.90. The first-order valence-corrected chi connectivity index (χ1v) is 6.66. The van der Waals surface area contributed by atoms with Crippen LogP contribution in [0.2, 0.25) is 0 Å². The number of amides is 1. The minimum absolute atomic E-state index is 0.245. The van der Waals surface area contributed by atoms with E-state index in [2.05, 4.69) is 15.5 Å². The van der Waals surface area contributed by atoms with Crippen LogP contribution in [0.25, 0.3) is 0 Å². The molecular weight excluding hydrogens is 266 g/mol. The van der Waals surface area contributed by atoms with Gasteiger partial charge in [-0.2, -0.15) is 5.10 Å². The van der Waals surface area contributed by atoms with Gasteiger partial charge in [0.2, 0.25) is 0 Å². The molecule has 0 spiro atoms. The summed E-state index contributed by atoms with van der Waals surface area (Å²) < 4.78 is 0. The molecule has 1 aliphatic carbocycles. The predicted molar refractivity (Wildman–Crippen MR) is 69.8 cm³/mol. The summed E-state index contributed by atoms with van der Waals surface area (Å²) in [6.07, 6.45) is 5.52. The Morgan fingerprint density at radius 1 is 1.42 bits per heavy atom. The van der Waals surface area contributed by atoms with Gasteiger partial charge in [-0.05, 0) is 24.8 Å². The van der Waals surface area contributed by atoms with Gasteiger partial charge in [-0.15, -0.1) is 11.3 Å². The van der Waals surface area contributed by atoms with E-state index in [1.54, 1.807) is 0 Å². The van der Waals surface area contributed by atoms with Crippen molar-refractivity contribution in [3.8, 4) is 0 Å². The summed E-state index contributed by atoms with van der Waals surface area (Å²) in [6.45, 7) is 0. The minimum Gasteiger partial charge on any atom is -0.478 e. The van der Waals surface area contributed by atoms with Gasteiger partial charge < -0.3 is 10.4 Å². The Kier molecular flexibility index (Phi) is 2.83. The van der Waals surface area contributed by atoms with Crippen molar-refractivity contribution in [3.63, 3.8) is 0 Å². The van der Waals surface area contributed by atoms with Crippen molar-refractivity contribution in [1.29, 1.82) is 0 Å². The van der Waals surface area contributed by atoms with Crippen LogP contribution in [0, 0.1) is 0 Å². The molecule has 7 heteroatoms. The number of hydrogen-bond acceptors (Lipinski definition) is 4. The Hall–Kier alpha value is -2.15. The molecule has 2 heterocycles. The molecule has 1 amide bonds. The Labute approximate surface area is 112 Å². The van der Waals surface area contributed by atoms with Gasteiger partial charge in [0.05, 0.1) is 17.3 Å². The number of aromatic amines is 1. The van der Waals surface area contributed by atoms with Gasteiger partial charge in [-0.25, -0.2) is 4.79 Å². The molecule has 0 atom stereocenters. The quantitative estimate of drug-likeness (QED) is 0.798. The lowest BCUT2D eigenvalue weighted by Crippen LogP contribution is -2.13. The van der Waals surface area contributed by atoms with E-state index in [4.69, 9.17) is 0 Å². The van der Waals surface area contributed by atoms with E-state index in [1.165, 1.54) is 23.7 Å². The number of carbonyl (C=O) groups excluding carboxylic acids is 1. The molecule has 0 saturated carbocycles. The van der Waals surface area contributed by atoms with Crippen LogP contribution in [0.1, 0.15) is 37.6 Å². The first kappa shape index (κ1) is 11.9. The largest absolute Gasteiger partial charge is 0.478 e. The molecule has 0 fully saturated rings. The van der Waals surface area contributed by atoms with Crippen LogP contribution in [-0.4, -0.2) is 27.2 Å². The van der Waals surface area contributed by atoms with E-state index in [1.807, 2.05) is 0 Å². The number of carbonyl (C=O) groups is 2. The molecule has 98 valence electrons. The smallest absolute Gasteiger partial charge is 0.339 e. The molecule has 0 unspecified atom stereocenters. The number of aryl methyl sites for hydroxylation is 1. The van der Waals surface area contributed by atoms with E-state index in [0.717, 1.165) is 29.7 Å². The van der Waals surface area contributed by atoms with E-state index in [9.17, 15) is 14.7 Å². The van der Waals surface area contributed by atoms with Crippen molar-refractivity contribution < 1.29 is 14.7 Å². The maximum absolute atomic E-state index is 11.9. The number of H-pyrrole nitrogens is 1. The maximum atomic E-state index is 11.9. The highest BCUT2D eigenvalue weighted by molar-refractivity contribution is 7.17. The first-order chi connectivity index (χ1) is 9.16. The van der Waals surface area contributed by atoms with E-state index in [0.29, 0.717) is 10.6 Å². The summed E-state index contributed by atoms with van der Waals surface area (Å²) in [7, 11) is 0. The molecule has 2 aromatic heterocycles. The van der Waals surface area contributed by atoms with Gasteiger partial charge in [0, 0.05) is 11.1 Å². The summed E-state index contributed by atoms with van der Waals surface area (Å²) in [5.41, 5.74) is 1.50. The fourth-order valence-electron chi connectivity index (χ4n) is 2.27. The Morgan fingerprint density at radius 2 is 2.26 bits per heavy atom. The number of anilines is 1. The molecule has 0 saturated heterocycles. The van der Waals surface area contributed by atoms with Crippen molar-refractivity contribution in [3.05, 3.63) is 34.0 Å². The van der Waals surface area contributed by atoms with E-state index >= 15 is 0 Å². The average Bonchev–Trinajstić information content (AvgIpc) is 3.03. The molecule has 0 aliphatic heterocycles. The number of carboxylic acids is 1. The molecule has 0 bridgehead atoms. The monoisotopic (exact) mass is 277 g/mol. The molecule has 0 radical (unpaired) electrons. The second kappa shape index (κ2) is 4.51.